The second-order valence-corrected chi connectivity index (χ2v) is 4.81. The van der Waals surface area contributed by atoms with Crippen molar-refractivity contribution < 1.29 is 9.90 Å². The van der Waals surface area contributed by atoms with Crippen LogP contribution in [0.15, 0.2) is 48.5 Å². The summed E-state index contributed by atoms with van der Waals surface area (Å²) in [5, 5.41) is 9.77. The molecule has 0 spiro atoms. The minimum Gasteiger partial charge on any atom is -0.508 e. The van der Waals surface area contributed by atoms with E-state index < -0.39 is 0 Å². The zero-order chi connectivity index (χ0) is 15.2. The van der Waals surface area contributed by atoms with Gasteiger partial charge in [-0.3, -0.25) is 4.79 Å². The molecule has 3 N–H and O–H groups in total. The number of amides is 1. The molecule has 2 aromatic carbocycles. The fourth-order valence-corrected chi connectivity index (χ4v) is 2.23. The van der Waals surface area contributed by atoms with Gasteiger partial charge in [0.05, 0.1) is 6.42 Å². The molecule has 0 heterocycles. The van der Waals surface area contributed by atoms with Crippen molar-refractivity contribution in [1.29, 1.82) is 0 Å². The summed E-state index contributed by atoms with van der Waals surface area (Å²) in [4.78, 5) is 14.1. The van der Waals surface area contributed by atoms with Crippen molar-refractivity contribution in [3.8, 4) is 5.75 Å². The molecule has 1 amide bonds. The van der Waals surface area contributed by atoms with E-state index in [1.807, 2.05) is 37.3 Å². The molecule has 0 aliphatic rings. The molecule has 0 radical (unpaired) electrons. The van der Waals surface area contributed by atoms with E-state index in [1.165, 1.54) is 0 Å². The Morgan fingerprint density at radius 1 is 1.14 bits per heavy atom. The molecule has 4 nitrogen and oxygen atoms in total. The van der Waals surface area contributed by atoms with Crippen molar-refractivity contribution in [2.45, 2.75) is 19.9 Å². The summed E-state index contributed by atoms with van der Waals surface area (Å²) in [7, 11) is 0. The van der Waals surface area contributed by atoms with Crippen LogP contribution in [-0.2, 0) is 17.8 Å². The third-order valence-corrected chi connectivity index (χ3v) is 3.43. The van der Waals surface area contributed by atoms with Crippen molar-refractivity contribution in [3.05, 3.63) is 59.7 Å². The van der Waals surface area contributed by atoms with Crippen molar-refractivity contribution in [3.63, 3.8) is 0 Å². The lowest BCUT2D eigenvalue weighted by molar-refractivity contribution is -0.118. The number of aromatic hydroxyl groups is 1. The number of nitrogens with zero attached hydrogens (tertiary/aromatic N) is 1. The van der Waals surface area contributed by atoms with Crippen LogP contribution < -0.4 is 10.6 Å². The lowest BCUT2D eigenvalue weighted by Gasteiger charge is -2.21. The highest BCUT2D eigenvalue weighted by molar-refractivity contribution is 5.95. The second kappa shape index (κ2) is 6.90. The number of likely N-dealkylation sites (N-methyl/N-ethyl adjacent to an activating group) is 1. The van der Waals surface area contributed by atoms with Gasteiger partial charge >= 0.3 is 0 Å². The highest BCUT2D eigenvalue weighted by atomic mass is 16.3. The van der Waals surface area contributed by atoms with Gasteiger partial charge in [-0.05, 0) is 30.7 Å². The number of anilines is 1. The van der Waals surface area contributed by atoms with Crippen molar-refractivity contribution in [2.24, 2.45) is 5.73 Å². The van der Waals surface area contributed by atoms with Crippen LogP contribution in [0.2, 0.25) is 0 Å². The SMILES string of the molecule is CCN(C(=O)Cc1ccccc1O)c1ccc(CN)cc1. The van der Waals surface area contributed by atoms with Crippen LogP contribution in [-0.4, -0.2) is 17.6 Å². The average molecular weight is 284 g/mol. The fraction of sp³-hybridized carbons (Fsp3) is 0.235. The number of benzene rings is 2. The molecule has 0 unspecified atom stereocenters. The molecule has 2 rings (SSSR count). The Bertz CT molecular complexity index is 608. The number of para-hydroxylation sites is 1. The standard InChI is InChI=1S/C17H20N2O2/c1-2-19(15-9-7-13(12-18)8-10-15)17(21)11-14-5-3-4-6-16(14)20/h3-10,20H,2,11-12,18H2,1H3. The van der Waals surface area contributed by atoms with Crippen LogP contribution in [0.1, 0.15) is 18.1 Å². The van der Waals surface area contributed by atoms with Crippen molar-refractivity contribution in [2.75, 3.05) is 11.4 Å². The van der Waals surface area contributed by atoms with Gasteiger partial charge in [-0.1, -0.05) is 30.3 Å². The van der Waals surface area contributed by atoms with E-state index in [4.69, 9.17) is 5.73 Å². The summed E-state index contributed by atoms with van der Waals surface area (Å²) in [5.74, 6) is 0.111. The fourth-order valence-electron chi connectivity index (χ4n) is 2.23. The maximum Gasteiger partial charge on any atom is 0.231 e. The quantitative estimate of drug-likeness (QED) is 0.886. The number of hydrogen-bond donors (Lipinski definition) is 2. The normalized spacial score (nSPS) is 10.4. The maximum atomic E-state index is 12.4. The first-order valence-corrected chi connectivity index (χ1v) is 7.02. The Hall–Kier alpha value is -2.33. The van der Waals surface area contributed by atoms with Crippen LogP contribution in [0, 0.1) is 0 Å². The first-order chi connectivity index (χ1) is 10.2. The topological polar surface area (TPSA) is 66.6 Å². The van der Waals surface area contributed by atoms with Crippen LogP contribution in [0.3, 0.4) is 0 Å². The molecule has 0 atom stereocenters. The van der Waals surface area contributed by atoms with Gasteiger partial charge in [0.1, 0.15) is 5.75 Å². The summed E-state index contributed by atoms with van der Waals surface area (Å²) in [5.41, 5.74) is 8.09. The van der Waals surface area contributed by atoms with Crippen LogP contribution >= 0.6 is 0 Å². The van der Waals surface area contributed by atoms with Crippen LogP contribution in [0.4, 0.5) is 5.69 Å². The number of phenols is 1. The molecule has 0 saturated heterocycles. The summed E-state index contributed by atoms with van der Waals surface area (Å²) in [6, 6.07) is 14.5. The van der Waals surface area contributed by atoms with Crippen LogP contribution in [0.5, 0.6) is 5.75 Å². The van der Waals surface area contributed by atoms with Gasteiger partial charge in [0, 0.05) is 24.3 Å². The summed E-state index contributed by atoms with van der Waals surface area (Å²) < 4.78 is 0. The van der Waals surface area contributed by atoms with E-state index in [2.05, 4.69) is 0 Å². The van der Waals surface area contributed by atoms with E-state index in [9.17, 15) is 9.90 Å². The Kier molecular flexibility index (Phi) is 4.95. The average Bonchev–Trinajstić information content (AvgIpc) is 2.51. The second-order valence-electron chi connectivity index (χ2n) is 4.81. The van der Waals surface area contributed by atoms with Gasteiger partial charge < -0.3 is 15.7 Å². The lowest BCUT2D eigenvalue weighted by atomic mass is 10.1. The van der Waals surface area contributed by atoms with E-state index in [-0.39, 0.29) is 18.1 Å². The van der Waals surface area contributed by atoms with E-state index in [0.29, 0.717) is 18.7 Å². The van der Waals surface area contributed by atoms with Gasteiger partial charge in [-0.25, -0.2) is 0 Å². The van der Waals surface area contributed by atoms with Crippen LogP contribution in [0.25, 0.3) is 0 Å². The van der Waals surface area contributed by atoms with E-state index in [1.54, 1.807) is 23.1 Å². The molecule has 110 valence electrons. The number of carbonyl (C=O) groups excluding carboxylic acids is 1. The van der Waals surface area contributed by atoms with Gasteiger partial charge in [-0.2, -0.15) is 0 Å². The predicted octanol–water partition coefficient (Wildman–Crippen LogP) is 2.45. The Balaban J connectivity index is 2.16. The molecule has 0 aromatic heterocycles. The Morgan fingerprint density at radius 2 is 1.81 bits per heavy atom. The third kappa shape index (κ3) is 3.61. The molecule has 21 heavy (non-hydrogen) atoms. The third-order valence-electron chi connectivity index (χ3n) is 3.43. The number of hydrogen-bond acceptors (Lipinski definition) is 3. The summed E-state index contributed by atoms with van der Waals surface area (Å²) in [6.45, 7) is 2.99. The van der Waals surface area contributed by atoms with Gasteiger partial charge in [-0.15, -0.1) is 0 Å². The molecule has 0 bridgehead atoms. The minimum atomic E-state index is -0.0421. The number of carbonyl (C=O) groups is 1. The summed E-state index contributed by atoms with van der Waals surface area (Å²) in [6.07, 6.45) is 0.180. The monoisotopic (exact) mass is 284 g/mol. The predicted molar refractivity (Wildman–Crippen MR) is 84.2 cm³/mol. The van der Waals surface area contributed by atoms with Crippen molar-refractivity contribution in [1.82, 2.24) is 0 Å². The Labute approximate surface area is 124 Å². The summed E-state index contributed by atoms with van der Waals surface area (Å²) >= 11 is 0. The van der Waals surface area contributed by atoms with Gasteiger partial charge in [0.2, 0.25) is 5.91 Å². The molecular formula is C17H20N2O2. The molecule has 2 aromatic rings. The van der Waals surface area contributed by atoms with E-state index in [0.717, 1.165) is 11.3 Å². The van der Waals surface area contributed by atoms with E-state index >= 15 is 0 Å². The molecule has 0 aliphatic heterocycles. The molecule has 0 fully saturated rings. The first kappa shape index (κ1) is 15.1. The number of nitrogens with two attached hydrogens (primary N) is 1. The molecular weight excluding hydrogens is 264 g/mol. The minimum absolute atomic E-state index is 0.0421. The highest BCUT2D eigenvalue weighted by Crippen LogP contribution is 2.20. The van der Waals surface area contributed by atoms with Gasteiger partial charge in [0.25, 0.3) is 0 Å². The zero-order valence-electron chi connectivity index (χ0n) is 12.1. The van der Waals surface area contributed by atoms with Crippen molar-refractivity contribution >= 4 is 11.6 Å². The molecule has 0 saturated carbocycles. The maximum absolute atomic E-state index is 12.4. The lowest BCUT2D eigenvalue weighted by Crippen LogP contribution is -2.32. The molecule has 0 aliphatic carbocycles. The highest BCUT2D eigenvalue weighted by Gasteiger charge is 2.15. The molecule has 4 heteroatoms. The van der Waals surface area contributed by atoms with Gasteiger partial charge in [0.15, 0.2) is 0 Å². The zero-order valence-corrected chi connectivity index (χ0v) is 12.1. The Morgan fingerprint density at radius 3 is 2.38 bits per heavy atom. The smallest absolute Gasteiger partial charge is 0.231 e. The first-order valence-electron chi connectivity index (χ1n) is 7.02. The number of phenolic OH excluding ortho intramolecular Hbond substituents is 1. The number of rotatable bonds is 5. The largest absolute Gasteiger partial charge is 0.508 e.